The van der Waals surface area contributed by atoms with Crippen LogP contribution in [0.3, 0.4) is 0 Å². The normalized spacial score (nSPS) is 14.7. The van der Waals surface area contributed by atoms with Gasteiger partial charge in [-0.05, 0) is 27.7 Å². The maximum atomic E-state index is 12.1. The Kier molecular flexibility index (Phi) is 4.54. The number of ether oxygens (including phenoxy) is 1. The van der Waals surface area contributed by atoms with Crippen LogP contribution in [0.15, 0.2) is 12.4 Å². The first kappa shape index (κ1) is 16.2. The summed E-state index contributed by atoms with van der Waals surface area (Å²) in [6.07, 6.45) is 3.00. The second kappa shape index (κ2) is 5.62. The lowest BCUT2D eigenvalue weighted by molar-refractivity contribution is -0.145. The highest BCUT2D eigenvalue weighted by Crippen LogP contribution is 2.14. The van der Waals surface area contributed by atoms with E-state index in [4.69, 9.17) is 4.74 Å². The van der Waals surface area contributed by atoms with E-state index >= 15 is 0 Å². The van der Waals surface area contributed by atoms with Crippen molar-refractivity contribution in [2.45, 2.75) is 38.8 Å². The summed E-state index contributed by atoms with van der Waals surface area (Å²) in [7, 11) is 1.38. The van der Waals surface area contributed by atoms with Crippen molar-refractivity contribution in [3.63, 3.8) is 0 Å². The van der Waals surface area contributed by atoms with Crippen LogP contribution in [0, 0.1) is 0 Å². The molecule has 0 aliphatic rings. The summed E-state index contributed by atoms with van der Waals surface area (Å²) < 4.78 is 6.50. The molecule has 0 spiro atoms. The van der Waals surface area contributed by atoms with Crippen molar-refractivity contribution in [1.29, 1.82) is 0 Å². The Morgan fingerprint density at radius 2 is 2.00 bits per heavy atom. The first-order valence-corrected chi connectivity index (χ1v) is 6.20. The summed E-state index contributed by atoms with van der Waals surface area (Å²) in [5.41, 5.74) is -1.42. The molecule has 7 nitrogen and oxygen atoms in total. The summed E-state index contributed by atoms with van der Waals surface area (Å²) >= 11 is 0. The maximum Gasteiger partial charge on any atom is 0.331 e. The van der Waals surface area contributed by atoms with Crippen LogP contribution in [-0.4, -0.2) is 46.0 Å². The third kappa shape index (κ3) is 3.57. The molecule has 0 aliphatic carbocycles. The fourth-order valence-electron chi connectivity index (χ4n) is 1.57. The average Bonchev–Trinajstić information content (AvgIpc) is 2.77. The van der Waals surface area contributed by atoms with Crippen LogP contribution in [0.25, 0.3) is 0 Å². The van der Waals surface area contributed by atoms with E-state index in [1.165, 1.54) is 20.2 Å². The molecule has 0 aliphatic heterocycles. The van der Waals surface area contributed by atoms with Crippen molar-refractivity contribution < 1.29 is 19.4 Å². The smallest absolute Gasteiger partial charge is 0.331 e. The fourth-order valence-corrected chi connectivity index (χ4v) is 1.57. The van der Waals surface area contributed by atoms with Crippen molar-refractivity contribution in [1.82, 2.24) is 15.1 Å². The van der Waals surface area contributed by atoms with Crippen LogP contribution in [0.5, 0.6) is 0 Å². The molecule has 1 rings (SSSR count). The van der Waals surface area contributed by atoms with Gasteiger partial charge >= 0.3 is 5.97 Å². The van der Waals surface area contributed by atoms with Gasteiger partial charge < -0.3 is 15.2 Å². The Morgan fingerprint density at radius 1 is 1.40 bits per heavy atom. The van der Waals surface area contributed by atoms with E-state index in [1.807, 2.05) is 20.8 Å². The molecule has 1 aromatic heterocycles. The highest BCUT2D eigenvalue weighted by Gasteiger charge is 2.35. The molecule has 7 heteroatoms. The Morgan fingerprint density at radius 3 is 2.40 bits per heavy atom. The van der Waals surface area contributed by atoms with Gasteiger partial charge in [-0.1, -0.05) is 0 Å². The summed E-state index contributed by atoms with van der Waals surface area (Å²) in [5, 5.41) is 15.7. The molecule has 1 atom stereocenters. The van der Waals surface area contributed by atoms with Gasteiger partial charge in [0.25, 0.3) is 5.91 Å². The lowest BCUT2D eigenvalue weighted by Gasteiger charge is -2.25. The topological polar surface area (TPSA) is 93.5 Å². The number of carbonyl (C=O) groups excluding carboxylic acids is 1. The predicted octanol–water partition coefficient (Wildman–Crippen LogP) is 0.858. The minimum Gasteiger partial charge on any atom is -0.479 e. The van der Waals surface area contributed by atoms with E-state index in [-0.39, 0.29) is 12.1 Å². The molecule has 0 radical (unpaired) electrons. The van der Waals surface area contributed by atoms with Gasteiger partial charge in [-0.2, -0.15) is 5.10 Å². The molecular formula is C13H21N3O4. The van der Waals surface area contributed by atoms with E-state index in [2.05, 4.69) is 10.4 Å². The lowest BCUT2D eigenvalue weighted by atomic mass is 10.0. The van der Waals surface area contributed by atoms with Crippen molar-refractivity contribution in [2.24, 2.45) is 0 Å². The van der Waals surface area contributed by atoms with Crippen molar-refractivity contribution in [2.75, 3.05) is 13.7 Å². The molecule has 0 fully saturated rings. The van der Waals surface area contributed by atoms with Gasteiger partial charge in [-0.15, -0.1) is 0 Å². The molecule has 1 heterocycles. The molecule has 1 amide bonds. The van der Waals surface area contributed by atoms with Gasteiger partial charge in [0, 0.05) is 13.3 Å². The number of carboxylic acids is 1. The van der Waals surface area contributed by atoms with E-state index < -0.39 is 17.4 Å². The number of nitrogens with zero attached hydrogens (tertiary/aromatic N) is 2. The molecule has 112 valence electrons. The monoisotopic (exact) mass is 283 g/mol. The minimum absolute atomic E-state index is 0.124. The zero-order chi connectivity index (χ0) is 15.6. The highest BCUT2D eigenvalue weighted by molar-refractivity contribution is 5.97. The summed E-state index contributed by atoms with van der Waals surface area (Å²) in [4.78, 5) is 23.3. The molecule has 0 aromatic carbocycles. The first-order valence-electron chi connectivity index (χ1n) is 6.20. The fraction of sp³-hybridized carbons (Fsp3) is 0.615. The van der Waals surface area contributed by atoms with Crippen molar-refractivity contribution in [3.05, 3.63) is 18.0 Å². The predicted molar refractivity (Wildman–Crippen MR) is 72.6 cm³/mol. The first-order chi connectivity index (χ1) is 9.10. The third-order valence-corrected chi connectivity index (χ3v) is 2.83. The Labute approximate surface area is 117 Å². The second-order valence-electron chi connectivity index (χ2n) is 5.87. The lowest BCUT2D eigenvalue weighted by Crippen LogP contribution is -2.55. The molecule has 0 saturated carbocycles. The largest absolute Gasteiger partial charge is 0.479 e. The molecular weight excluding hydrogens is 262 g/mol. The minimum atomic E-state index is -1.48. The number of nitrogens with one attached hydrogen (secondary N) is 1. The van der Waals surface area contributed by atoms with Crippen LogP contribution >= 0.6 is 0 Å². The van der Waals surface area contributed by atoms with Crippen molar-refractivity contribution >= 4 is 11.9 Å². The van der Waals surface area contributed by atoms with Crippen LogP contribution in [0.2, 0.25) is 0 Å². The van der Waals surface area contributed by atoms with E-state index in [1.54, 1.807) is 10.9 Å². The number of methoxy groups -OCH3 is 1. The number of carbonyl (C=O) groups is 2. The number of amides is 1. The van der Waals surface area contributed by atoms with E-state index in [9.17, 15) is 14.7 Å². The Hall–Kier alpha value is -1.89. The number of carboxylic acid groups (broad SMARTS) is 1. The number of aromatic nitrogens is 2. The third-order valence-electron chi connectivity index (χ3n) is 2.83. The van der Waals surface area contributed by atoms with Gasteiger partial charge in [-0.25, -0.2) is 4.79 Å². The van der Waals surface area contributed by atoms with Gasteiger partial charge in [0.2, 0.25) is 0 Å². The number of hydrogen-bond donors (Lipinski definition) is 2. The van der Waals surface area contributed by atoms with Crippen LogP contribution in [-0.2, 0) is 15.1 Å². The molecule has 2 N–H and O–H groups in total. The average molecular weight is 283 g/mol. The van der Waals surface area contributed by atoms with Gasteiger partial charge in [0.15, 0.2) is 5.54 Å². The van der Waals surface area contributed by atoms with Gasteiger partial charge in [0.05, 0.1) is 23.9 Å². The van der Waals surface area contributed by atoms with Crippen LogP contribution in [0.4, 0.5) is 0 Å². The van der Waals surface area contributed by atoms with Crippen LogP contribution in [0.1, 0.15) is 38.1 Å². The van der Waals surface area contributed by atoms with E-state index in [0.717, 1.165) is 0 Å². The SMILES string of the molecule is COCC(C)(NC(=O)c1cnn(C(C)(C)C)c1)C(=O)O. The number of rotatable bonds is 5. The van der Waals surface area contributed by atoms with Crippen molar-refractivity contribution in [3.8, 4) is 0 Å². The molecule has 20 heavy (non-hydrogen) atoms. The zero-order valence-electron chi connectivity index (χ0n) is 12.4. The Balaban J connectivity index is 2.90. The molecule has 1 unspecified atom stereocenters. The van der Waals surface area contributed by atoms with Gasteiger partial charge in [0.1, 0.15) is 0 Å². The summed E-state index contributed by atoms with van der Waals surface area (Å²) in [6, 6.07) is 0. The zero-order valence-corrected chi connectivity index (χ0v) is 12.4. The molecule has 0 bridgehead atoms. The Bertz CT molecular complexity index is 504. The summed E-state index contributed by atoms with van der Waals surface area (Å²) in [5.74, 6) is -1.65. The number of hydrogen-bond acceptors (Lipinski definition) is 4. The quantitative estimate of drug-likeness (QED) is 0.836. The molecule has 1 aromatic rings. The summed E-state index contributed by atoms with van der Waals surface area (Å²) in [6.45, 7) is 7.13. The maximum absolute atomic E-state index is 12.1. The number of aliphatic carboxylic acids is 1. The standard InChI is InChI=1S/C13H21N3O4/c1-12(2,3)16-7-9(6-14-16)10(17)15-13(4,8-20-5)11(18)19/h6-7H,8H2,1-5H3,(H,15,17)(H,18,19). The highest BCUT2D eigenvalue weighted by atomic mass is 16.5. The van der Waals surface area contributed by atoms with E-state index in [0.29, 0.717) is 5.56 Å². The second-order valence-corrected chi connectivity index (χ2v) is 5.87. The van der Waals surface area contributed by atoms with Crippen LogP contribution < -0.4 is 5.32 Å². The van der Waals surface area contributed by atoms with Gasteiger partial charge in [-0.3, -0.25) is 9.48 Å². The molecule has 0 saturated heterocycles.